The van der Waals surface area contributed by atoms with Crippen molar-refractivity contribution in [1.82, 2.24) is 0 Å². The van der Waals surface area contributed by atoms with Gasteiger partial charge in [-0.1, -0.05) is 43.0 Å². The average Bonchev–Trinajstić information content (AvgIpc) is 2.60. The topological polar surface area (TPSA) is 38.7 Å². The van der Waals surface area contributed by atoms with Gasteiger partial charge in [0.1, 0.15) is 12.4 Å². The van der Waals surface area contributed by atoms with E-state index in [2.05, 4.69) is 30.9 Å². The summed E-state index contributed by atoms with van der Waals surface area (Å²) in [6.07, 6.45) is 10.2. The Hall–Kier alpha value is -2.00. The fraction of sp³-hybridized carbons (Fsp3) is 0.368. The number of benzene rings is 1. The number of aryl methyl sites for hydroxylation is 1. The second-order valence-corrected chi connectivity index (χ2v) is 4.80. The fourth-order valence-corrected chi connectivity index (χ4v) is 2.42. The Labute approximate surface area is 133 Å². The fourth-order valence-electron chi connectivity index (χ4n) is 2.42. The van der Waals surface area contributed by atoms with E-state index in [1.165, 1.54) is 11.1 Å². The van der Waals surface area contributed by atoms with Gasteiger partial charge >= 0.3 is 0 Å². The molecule has 2 rings (SSSR count). The first-order valence-corrected chi connectivity index (χ1v) is 7.54. The van der Waals surface area contributed by atoms with Gasteiger partial charge in [0.2, 0.25) is 0 Å². The van der Waals surface area contributed by atoms with Gasteiger partial charge in [-0.3, -0.25) is 0 Å². The Balaban J connectivity index is 0.00000116. The molecule has 0 aliphatic heterocycles. The zero-order valence-corrected chi connectivity index (χ0v) is 13.5. The van der Waals surface area contributed by atoms with Gasteiger partial charge in [-0.25, -0.2) is 0 Å². The van der Waals surface area contributed by atoms with E-state index in [1.807, 2.05) is 12.1 Å². The summed E-state index contributed by atoms with van der Waals surface area (Å²) in [5.74, 6) is 2.07. The molecule has 3 nitrogen and oxygen atoms in total. The minimum atomic E-state index is 0.585. The summed E-state index contributed by atoms with van der Waals surface area (Å²) in [5, 5.41) is 7.00. The Bertz CT molecular complexity index is 515. The van der Waals surface area contributed by atoms with Crippen molar-refractivity contribution in [2.24, 2.45) is 0 Å². The van der Waals surface area contributed by atoms with Gasteiger partial charge < -0.3 is 14.6 Å². The predicted molar refractivity (Wildman–Crippen MR) is 91.0 cm³/mol. The van der Waals surface area contributed by atoms with E-state index in [9.17, 15) is 0 Å². The third-order valence-electron chi connectivity index (χ3n) is 3.45. The van der Waals surface area contributed by atoms with Crippen LogP contribution in [-0.4, -0.2) is 25.9 Å². The number of aliphatic hydroxyl groups is 1. The van der Waals surface area contributed by atoms with Gasteiger partial charge in [0.05, 0.1) is 12.9 Å². The van der Waals surface area contributed by atoms with E-state index in [0.29, 0.717) is 6.61 Å². The standard InChI is InChI=1S/C18H22O2.CH4O/c1-3-14-20-18-11-7-5-9-16(18)13-12-15-8-4-6-10-17(15)19-2;1-2/h3-6,8-10H,1,7,11-14H2,2H3;2H,1H3. The molecule has 0 radical (unpaired) electrons. The Morgan fingerprint density at radius 3 is 2.73 bits per heavy atom. The molecular weight excluding hydrogens is 276 g/mol. The highest BCUT2D eigenvalue weighted by atomic mass is 16.5. The number of hydrogen-bond donors (Lipinski definition) is 1. The van der Waals surface area contributed by atoms with Crippen LogP contribution in [-0.2, 0) is 11.2 Å². The number of hydrogen-bond acceptors (Lipinski definition) is 3. The first kappa shape index (κ1) is 18.1. The van der Waals surface area contributed by atoms with Gasteiger partial charge in [0.25, 0.3) is 0 Å². The number of para-hydroxylation sites is 1. The lowest BCUT2D eigenvalue weighted by Gasteiger charge is -2.17. The van der Waals surface area contributed by atoms with E-state index in [0.717, 1.165) is 44.3 Å². The zero-order chi connectivity index (χ0) is 16.2. The van der Waals surface area contributed by atoms with Crippen molar-refractivity contribution in [1.29, 1.82) is 0 Å². The monoisotopic (exact) mass is 302 g/mol. The normalized spacial score (nSPS) is 13.2. The van der Waals surface area contributed by atoms with Crippen LogP contribution in [0.3, 0.4) is 0 Å². The van der Waals surface area contributed by atoms with Crippen LogP contribution >= 0.6 is 0 Å². The summed E-state index contributed by atoms with van der Waals surface area (Å²) in [6.45, 7) is 4.29. The van der Waals surface area contributed by atoms with Crippen LogP contribution in [0.4, 0.5) is 0 Å². The van der Waals surface area contributed by atoms with Crippen molar-refractivity contribution in [2.45, 2.75) is 25.7 Å². The molecule has 1 N–H and O–H groups in total. The van der Waals surface area contributed by atoms with Crippen molar-refractivity contribution in [3.05, 3.63) is 66.0 Å². The van der Waals surface area contributed by atoms with Crippen molar-refractivity contribution < 1.29 is 14.6 Å². The van der Waals surface area contributed by atoms with Crippen LogP contribution < -0.4 is 4.74 Å². The second-order valence-electron chi connectivity index (χ2n) is 4.80. The maximum absolute atomic E-state index is 7.00. The summed E-state index contributed by atoms with van der Waals surface area (Å²) in [4.78, 5) is 0. The van der Waals surface area contributed by atoms with Crippen LogP contribution in [0.25, 0.3) is 0 Å². The second kappa shape index (κ2) is 10.7. The maximum atomic E-state index is 7.00. The van der Waals surface area contributed by atoms with Gasteiger partial charge in [0.15, 0.2) is 0 Å². The SMILES string of the molecule is C=CCOC1=C(CCc2ccccc2OC)C=CCC1.CO. The van der Waals surface area contributed by atoms with E-state index < -0.39 is 0 Å². The smallest absolute Gasteiger partial charge is 0.122 e. The molecule has 0 amide bonds. The summed E-state index contributed by atoms with van der Waals surface area (Å²) in [6, 6.07) is 8.19. The highest BCUT2D eigenvalue weighted by Crippen LogP contribution is 2.26. The lowest BCUT2D eigenvalue weighted by Crippen LogP contribution is -2.02. The molecule has 0 saturated carbocycles. The number of methoxy groups -OCH3 is 1. The van der Waals surface area contributed by atoms with E-state index in [-0.39, 0.29) is 0 Å². The predicted octanol–water partition coefficient (Wildman–Crippen LogP) is 4.04. The lowest BCUT2D eigenvalue weighted by molar-refractivity contribution is 0.231. The molecule has 0 atom stereocenters. The largest absolute Gasteiger partial charge is 0.496 e. The quantitative estimate of drug-likeness (QED) is 0.772. The molecule has 120 valence electrons. The maximum Gasteiger partial charge on any atom is 0.122 e. The highest BCUT2D eigenvalue weighted by Gasteiger charge is 2.11. The molecule has 0 fully saturated rings. The Kier molecular flexibility index (Phi) is 8.77. The molecule has 1 aromatic carbocycles. The van der Waals surface area contributed by atoms with Crippen molar-refractivity contribution in [3.8, 4) is 5.75 Å². The molecule has 0 bridgehead atoms. The summed E-state index contributed by atoms with van der Waals surface area (Å²) in [7, 11) is 2.72. The van der Waals surface area contributed by atoms with Gasteiger partial charge in [-0.05, 0) is 36.5 Å². The van der Waals surface area contributed by atoms with Gasteiger partial charge in [-0.2, -0.15) is 0 Å². The molecule has 0 unspecified atom stereocenters. The van der Waals surface area contributed by atoms with Crippen molar-refractivity contribution in [2.75, 3.05) is 20.8 Å². The van der Waals surface area contributed by atoms with Crippen LogP contribution in [0.2, 0.25) is 0 Å². The Morgan fingerprint density at radius 2 is 2.00 bits per heavy atom. The van der Waals surface area contributed by atoms with Gasteiger partial charge in [0, 0.05) is 13.5 Å². The van der Waals surface area contributed by atoms with Crippen molar-refractivity contribution >= 4 is 0 Å². The van der Waals surface area contributed by atoms with Gasteiger partial charge in [-0.15, -0.1) is 0 Å². The number of aliphatic hydroxyl groups excluding tert-OH is 1. The van der Waals surface area contributed by atoms with Crippen LogP contribution in [0.1, 0.15) is 24.8 Å². The molecule has 1 aromatic rings. The zero-order valence-electron chi connectivity index (χ0n) is 13.5. The molecule has 22 heavy (non-hydrogen) atoms. The molecule has 0 spiro atoms. The molecule has 3 heteroatoms. The lowest BCUT2D eigenvalue weighted by atomic mass is 9.98. The van der Waals surface area contributed by atoms with Crippen LogP contribution in [0.15, 0.2) is 60.4 Å². The third-order valence-corrected chi connectivity index (χ3v) is 3.45. The minimum absolute atomic E-state index is 0.585. The van der Waals surface area contributed by atoms with Crippen LogP contribution in [0.5, 0.6) is 5.75 Å². The number of ether oxygens (including phenoxy) is 2. The Morgan fingerprint density at radius 1 is 1.23 bits per heavy atom. The molecular formula is C19H26O3. The average molecular weight is 302 g/mol. The minimum Gasteiger partial charge on any atom is -0.496 e. The van der Waals surface area contributed by atoms with E-state index >= 15 is 0 Å². The summed E-state index contributed by atoms with van der Waals surface area (Å²) in [5.41, 5.74) is 2.54. The molecule has 0 heterocycles. The summed E-state index contributed by atoms with van der Waals surface area (Å²) >= 11 is 0. The first-order valence-electron chi connectivity index (χ1n) is 7.54. The highest BCUT2D eigenvalue weighted by molar-refractivity contribution is 5.35. The van der Waals surface area contributed by atoms with Crippen molar-refractivity contribution in [3.63, 3.8) is 0 Å². The molecule has 0 aromatic heterocycles. The first-order chi connectivity index (χ1) is 10.8. The molecule has 1 aliphatic rings. The molecule has 0 saturated heterocycles. The van der Waals surface area contributed by atoms with E-state index in [1.54, 1.807) is 13.2 Å². The van der Waals surface area contributed by atoms with E-state index in [4.69, 9.17) is 14.6 Å². The van der Waals surface area contributed by atoms with Crippen LogP contribution in [0, 0.1) is 0 Å². The molecule has 1 aliphatic carbocycles. The number of rotatable bonds is 7. The third kappa shape index (κ3) is 5.41. The summed E-state index contributed by atoms with van der Waals surface area (Å²) < 4.78 is 11.2. The number of allylic oxidation sites excluding steroid dienone is 4.